The highest BCUT2D eigenvalue weighted by Gasteiger charge is 2.33. The van der Waals surface area contributed by atoms with Crippen LogP contribution in [0.15, 0.2) is 77.7 Å². The van der Waals surface area contributed by atoms with E-state index in [2.05, 4.69) is 5.32 Å². The highest BCUT2D eigenvalue weighted by atomic mass is 35.5. The van der Waals surface area contributed by atoms with Crippen LogP contribution >= 0.6 is 34.8 Å². The van der Waals surface area contributed by atoms with Crippen molar-refractivity contribution in [1.82, 2.24) is 10.2 Å². The first kappa shape index (κ1) is 29.8. The van der Waals surface area contributed by atoms with Gasteiger partial charge < -0.3 is 10.2 Å². The molecule has 38 heavy (non-hydrogen) atoms. The predicted molar refractivity (Wildman–Crippen MR) is 152 cm³/mol. The molecule has 0 spiro atoms. The largest absolute Gasteiger partial charge is 0.355 e. The number of hydrogen-bond donors (Lipinski definition) is 1. The van der Waals surface area contributed by atoms with Crippen LogP contribution in [0.2, 0.25) is 15.1 Å². The minimum Gasteiger partial charge on any atom is -0.355 e. The predicted octanol–water partition coefficient (Wildman–Crippen LogP) is 5.79. The van der Waals surface area contributed by atoms with Crippen LogP contribution in [-0.2, 0) is 26.2 Å². The molecule has 0 saturated carbocycles. The number of carbonyl (C=O) groups excluding carboxylic acids is 2. The van der Waals surface area contributed by atoms with Gasteiger partial charge in [-0.25, -0.2) is 8.42 Å². The fourth-order valence-corrected chi connectivity index (χ4v) is 5.86. The van der Waals surface area contributed by atoms with Gasteiger partial charge in [0, 0.05) is 18.1 Å². The summed E-state index contributed by atoms with van der Waals surface area (Å²) >= 11 is 18.4. The molecule has 0 aromatic heterocycles. The summed E-state index contributed by atoms with van der Waals surface area (Å²) in [4.78, 5) is 28.2. The highest BCUT2D eigenvalue weighted by molar-refractivity contribution is 7.92. The van der Waals surface area contributed by atoms with Crippen LogP contribution in [0.5, 0.6) is 0 Å². The number of rotatable bonds is 11. The Kier molecular flexibility index (Phi) is 10.4. The summed E-state index contributed by atoms with van der Waals surface area (Å²) in [5.41, 5.74) is 0.853. The van der Waals surface area contributed by atoms with E-state index in [0.29, 0.717) is 33.6 Å². The molecule has 0 aliphatic rings. The molecular formula is C27H28Cl3N3O4S. The minimum atomic E-state index is -4.16. The molecule has 0 saturated heterocycles. The lowest BCUT2D eigenvalue weighted by molar-refractivity contribution is -0.140. The Balaban J connectivity index is 2.06. The maximum atomic E-state index is 13.9. The van der Waals surface area contributed by atoms with Gasteiger partial charge in [0.05, 0.1) is 20.6 Å². The van der Waals surface area contributed by atoms with Gasteiger partial charge in [-0.05, 0) is 61.4 Å². The third-order valence-electron chi connectivity index (χ3n) is 5.78. The van der Waals surface area contributed by atoms with E-state index >= 15 is 0 Å². The molecule has 0 aliphatic heterocycles. The van der Waals surface area contributed by atoms with E-state index in [-0.39, 0.29) is 23.0 Å². The number of benzene rings is 3. The van der Waals surface area contributed by atoms with Gasteiger partial charge in [0.1, 0.15) is 12.6 Å². The molecule has 0 unspecified atom stereocenters. The number of halogens is 3. The quantitative estimate of drug-likeness (QED) is 0.304. The number of nitrogens with one attached hydrogen (secondary N) is 1. The summed E-state index contributed by atoms with van der Waals surface area (Å²) in [5.74, 6) is -0.919. The van der Waals surface area contributed by atoms with Crippen molar-refractivity contribution < 1.29 is 18.0 Å². The third-order valence-corrected chi connectivity index (χ3v) is 8.54. The Hall–Kier alpha value is -2.78. The normalized spacial score (nSPS) is 12.0. The molecule has 3 rings (SSSR count). The summed E-state index contributed by atoms with van der Waals surface area (Å²) in [6.07, 6.45) is 0.307. The Morgan fingerprint density at radius 1 is 0.895 bits per heavy atom. The Labute approximate surface area is 238 Å². The van der Waals surface area contributed by atoms with Gasteiger partial charge in [0.2, 0.25) is 11.8 Å². The second kappa shape index (κ2) is 13.3. The molecule has 3 aromatic rings. The Morgan fingerprint density at radius 3 is 2.21 bits per heavy atom. The number of amides is 2. The zero-order valence-corrected chi connectivity index (χ0v) is 24.0. The monoisotopic (exact) mass is 595 g/mol. The minimum absolute atomic E-state index is 0.0135. The van der Waals surface area contributed by atoms with Gasteiger partial charge in [-0.3, -0.25) is 13.9 Å². The highest BCUT2D eigenvalue weighted by Crippen LogP contribution is 2.28. The molecule has 1 N–H and O–H groups in total. The fourth-order valence-electron chi connectivity index (χ4n) is 3.93. The Morgan fingerprint density at radius 2 is 1.61 bits per heavy atom. The van der Waals surface area contributed by atoms with Gasteiger partial charge in [0.15, 0.2) is 0 Å². The molecular weight excluding hydrogens is 569 g/mol. The number of hydrogen-bond acceptors (Lipinski definition) is 4. The van der Waals surface area contributed by atoms with Crippen molar-refractivity contribution in [1.29, 1.82) is 0 Å². The first-order valence-electron chi connectivity index (χ1n) is 11.9. The summed E-state index contributed by atoms with van der Waals surface area (Å²) in [6.45, 7) is 3.39. The van der Waals surface area contributed by atoms with Crippen molar-refractivity contribution in [2.45, 2.75) is 37.8 Å². The molecule has 202 valence electrons. The van der Waals surface area contributed by atoms with Crippen molar-refractivity contribution in [3.63, 3.8) is 0 Å². The lowest BCUT2D eigenvalue weighted by Crippen LogP contribution is -2.52. The SMILES string of the molecule is CCNC(=O)[C@H](CC)N(Cc1ccc(Cl)c(Cl)c1)C(=O)CN(c1cccc(Cl)c1)S(=O)(=O)c1ccccc1. The topological polar surface area (TPSA) is 86.8 Å². The van der Waals surface area contributed by atoms with Crippen LogP contribution in [0.1, 0.15) is 25.8 Å². The molecule has 3 aromatic carbocycles. The molecule has 0 radical (unpaired) electrons. The summed E-state index contributed by atoms with van der Waals surface area (Å²) < 4.78 is 28.4. The average Bonchev–Trinajstić information content (AvgIpc) is 2.89. The molecule has 0 bridgehead atoms. The van der Waals surface area contributed by atoms with E-state index in [1.54, 1.807) is 68.4 Å². The number of sulfonamides is 1. The van der Waals surface area contributed by atoms with Gasteiger partial charge >= 0.3 is 0 Å². The van der Waals surface area contributed by atoms with Crippen molar-refractivity contribution in [3.8, 4) is 0 Å². The molecule has 0 fully saturated rings. The molecule has 2 amide bonds. The number of carbonyl (C=O) groups is 2. The second-order valence-electron chi connectivity index (χ2n) is 8.39. The standard InChI is InChI=1S/C27H28Cl3N3O4S/c1-3-25(27(35)31-4-2)32(17-19-13-14-23(29)24(30)15-19)26(34)18-33(21-10-8-9-20(28)16-21)38(36,37)22-11-6-5-7-12-22/h5-16,25H,3-4,17-18H2,1-2H3,(H,31,35)/t25-/m0/s1. The number of anilines is 1. The van der Waals surface area contributed by atoms with E-state index in [1.165, 1.54) is 23.1 Å². The van der Waals surface area contributed by atoms with Crippen molar-refractivity contribution >= 4 is 62.3 Å². The maximum Gasteiger partial charge on any atom is 0.264 e. The summed E-state index contributed by atoms with van der Waals surface area (Å²) in [5, 5.41) is 3.72. The second-order valence-corrected chi connectivity index (χ2v) is 11.5. The number of nitrogens with zero attached hydrogens (tertiary/aromatic N) is 2. The van der Waals surface area contributed by atoms with E-state index in [9.17, 15) is 18.0 Å². The smallest absolute Gasteiger partial charge is 0.264 e. The molecule has 0 aliphatic carbocycles. The van der Waals surface area contributed by atoms with Crippen LogP contribution in [0.3, 0.4) is 0 Å². The van der Waals surface area contributed by atoms with Crippen LogP contribution < -0.4 is 9.62 Å². The van der Waals surface area contributed by atoms with Crippen LogP contribution in [0.4, 0.5) is 5.69 Å². The molecule has 0 heterocycles. The number of likely N-dealkylation sites (N-methyl/N-ethyl adjacent to an activating group) is 1. The molecule has 7 nitrogen and oxygen atoms in total. The third kappa shape index (κ3) is 7.20. The van der Waals surface area contributed by atoms with Gasteiger partial charge in [-0.15, -0.1) is 0 Å². The van der Waals surface area contributed by atoms with E-state index < -0.39 is 28.5 Å². The van der Waals surface area contributed by atoms with Gasteiger partial charge in [0.25, 0.3) is 10.0 Å². The van der Waals surface area contributed by atoms with Crippen LogP contribution in [0.25, 0.3) is 0 Å². The summed E-state index contributed by atoms with van der Waals surface area (Å²) in [6, 6.07) is 18.1. The van der Waals surface area contributed by atoms with Crippen molar-refractivity contribution in [2.24, 2.45) is 0 Å². The lowest BCUT2D eigenvalue weighted by Gasteiger charge is -2.33. The van der Waals surface area contributed by atoms with E-state index in [1.807, 2.05) is 0 Å². The lowest BCUT2D eigenvalue weighted by atomic mass is 10.1. The van der Waals surface area contributed by atoms with Crippen LogP contribution in [-0.4, -0.2) is 44.3 Å². The van der Waals surface area contributed by atoms with E-state index in [0.717, 1.165) is 4.31 Å². The average molecular weight is 597 g/mol. The zero-order valence-electron chi connectivity index (χ0n) is 20.9. The van der Waals surface area contributed by atoms with Gasteiger partial charge in [-0.2, -0.15) is 0 Å². The Bertz CT molecular complexity index is 1390. The summed E-state index contributed by atoms with van der Waals surface area (Å²) in [7, 11) is -4.16. The first-order chi connectivity index (χ1) is 18.1. The fraction of sp³-hybridized carbons (Fsp3) is 0.259. The van der Waals surface area contributed by atoms with Crippen molar-refractivity contribution in [2.75, 3.05) is 17.4 Å². The van der Waals surface area contributed by atoms with Crippen LogP contribution in [0, 0.1) is 0 Å². The molecule has 11 heteroatoms. The zero-order chi connectivity index (χ0) is 27.9. The maximum absolute atomic E-state index is 13.9. The molecule has 1 atom stereocenters. The van der Waals surface area contributed by atoms with E-state index in [4.69, 9.17) is 34.8 Å². The first-order valence-corrected chi connectivity index (χ1v) is 14.5. The van der Waals surface area contributed by atoms with Crippen molar-refractivity contribution in [3.05, 3.63) is 93.4 Å². The van der Waals surface area contributed by atoms with Gasteiger partial charge in [-0.1, -0.05) is 72.1 Å².